The summed E-state index contributed by atoms with van der Waals surface area (Å²) in [6.45, 7) is 1.63. The molecule has 2 heteroatoms. The zero-order valence-electron chi connectivity index (χ0n) is 12.7. The molecule has 0 amide bonds. The second kappa shape index (κ2) is 7.47. The molecule has 1 aromatic carbocycles. The highest BCUT2D eigenvalue weighted by molar-refractivity contribution is 5.26. The van der Waals surface area contributed by atoms with Gasteiger partial charge in [-0.25, -0.2) is 0 Å². The first-order valence-electron chi connectivity index (χ1n) is 7.61. The van der Waals surface area contributed by atoms with Gasteiger partial charge < -0.3 is 5.32 Å². The van der Waals surface area contributed by atoms with Crippen LogP contribution in [-0.4, -0.2) is 31.6 Å². The van der Waals surface area contributed by atoms with Gasteiger partial charge in [-0.15, -0.1) is 6.42 Å². The lowest BCUT2D eigenvalue weighted by Gasteiger charge is -2.28. The van der Waals surface area contributed by atoms with Crippen molar-refractivity contribution in [2.45, 2.75) is 44.2 Å². The predicted molar refractivity (Wildman–Crippen MR) is 85.7 cm³/mol. The Kier molecular flexibility index (Phi) is 5.64. The van der Waals surface area contributed by atoms with E-state index >= 15 is 0 Å². The van der Waals surface area contributed by atoms with E-state index in [2.05, 4.69) is 54.5 Å². The van der Waals surface area contributed by atoms with E-state index < -0.39 is 0 Å². The minimum atomic E-state index is 0.704. The summed E-state index contributed by atoms with van der Waals surface area (Å²) in [4.78, 5) is 2.16. The molecule has 2 nitrogen and oxygen atoms in total. The van der Waals surface area contributed by atoms with Crippen molar-refractivity contribution in [2.24, 2.45) is 0 Å². The maximum Gasteiger partial charge on any atom is 0.0599 e. The molecule has 0 radical (unpaired) electrons. The average Bonchev–Trinajstić information content (AvgIpc) is 2.48. The normalized spacial score (nSPS) is 22.7. The van der Waals surface area contributed by atoms with Crippen LogP contribution in [0, 0.1) is 12.3 Å². The van der Waals surface area contributed by atoms with Crippen LogP contribution in [0.1, 0.15) is 42.7 Å². The number of rotatable bonds is 5. The molecule has 1 N–H and O–H groups in total. The molecule has 0 bridgehead atoms. The summed E-state index contributed by atoms with van der Waals surface area (Å²) in [5, 5.41) is 3.40. The van der Waals surface area contributed by atoms with Gasteiger partial charge in [-0.05, 0) is 56.8 Å². The number of terminal acetylenes is 1. The Morgan fingerprint density at radius 3 is 2.40 bits per heavy atom. The molecule has 2 rings (SSSR count). The van der Waals surface area contributed by atoms with E-state index in [0.29, 0.717) is 6.54 Å². The third kappa shape index (κ3) is 4.10. The number of hydrogen-bond donors (Lipinski definition) is 1. The molecule has 0 atom stereocenters. The van der Waals surface area contributed by atoms with Crippen LogP contribution in [0.2, 0.25) is 0 Å². The second-order valence-corrected chi connectivity index (χ2v) is 5.96. The minimum Gasteiger partial charge on any atom is -0.317 e. The molecule has 0 aliphatic heterocycles. The van der Waals surface area contributed by atoms with E-state index in [-0.39, 0.29) is 0 Å². The molecule has 0 aromatic heterocycles. The summed E-state index contributed by atoms with van der Waals surface area (Å²) in [6.07, 6.45) is 10.5. The summed E-state index contributed by atoms with van der Waals surface area (Å²) in [5.74, 6) is 3.43. The highest BCUT2D eigenvalue weighted by atomic mass is 15.1. The third-order valence-electron chi connectivity index (χ3n) is 4.40. The molecule has 1 fully saturated rings. The van der Waals surface area contributed by atoms with E-state index in [1.807, 2.05) is 0 Å². The number of hydrogen-bond acceptors (Lipinski definition) is 2. The minimum absolute atomic E-state index is 0.704. The molecular weight excluding hydrogens is 244 g/mol. The molecule has 0 unspecified atom stereocenters. The first kappa shape index (κ1) is 15.1. The number of benzene rings is 1. The molecule has 1 aromatic rings. The van der Waals surface area contributed by atoms with Gasteiger partial charge >= 0.3 is 0 Å². The summed E-state index contributed by atoms with van der Waals surface area (Å²) in [7, 11) is 4.14. The van der Waals surface area contributed by atoms with Crippen molar-refractivity contribution in [2.75, 3.05) is 20.6 Å². The Morgan fingerprint density at radius 2 is 1.85 bits per heavy atom. The van der Waals surface area contributed by atoms with E-state index in [1.54, 1.807) is 0 Å². The first-order valence-corrected chi connectivity index (χ1v) is 7.61. The molecule has 108 valence electrons. The summed E-state index contributed by atoms with van der Waals surface area (Å²) < 4.78 is 0. The molecule has 0 spiro atoms. The van der Waals surface area contributed by atoms with Gasteiger partial charge in [0.1, 0.15) is 0 Å². The maximum absolute atomic E-state index is 5.33. The molecule has 1 saturated carbocycles. The second-order valence-electron chi connectivity index (χ2n) is 5.96. The lowest BCUT2D eigenvalue weighted by atomic mass is 9.81. The zero-order valence-corrected chi connectivity index (χ0v) is 12.7. The molecule has 1 aliphatic carbocycles. The van der Waals surface area contributed by atoms with Crippen molar-refractivity contribution in [1.29, 1.82) is 0 Å². The van der Waals surface area contributed by atoms with Crippen molar-refractivity contribution in [1.82, 2.24) is 10.2 Å². The Morgan fingerprint density at radius 1 is 1.20 bits per heavy atom. The van der Waals surface area contributed by atoms with Crippen molar-refractivity contribution in [3.63, 3.8) is 0 Å². The van der Waals surface area contributed by atoms with Crippen LogP contribution in [0.5, 0.6) is 0 Å². The van der Waals surface area contributed by atoms with Gasteiger partial charge in [0, 0.05) is 12.6 Å². The monoisotopic (exact) mass is 270 g/mol. The standard InChI is InChI=1S/C18H26N2/c1-4-13-20(3)14-15-5-7-16(8-6-15)17-9-11-18(19-2)12-10-17/h1,5-8,17-19H,9-14H2,2-3H3. The van der Waals surface area contributed by atoms with Gasteiger partial charge in [-0.3, -0.25) is 4.90 Å². The Balaban J connectivity index is 1.90. The van der Waals surface area contributed by atoms with Crippen LogP contribution in [0.15, 0.2) is 24.3 Å². The summed E-state index contributed by atoms with van der Waals surface area (Å²) in [5.41, 5.74) is 2.85. The predicted octanol–water partition coefficient (Wildman–Crippen LogP) is 3.00. The van der Waals surface area contributed by atoms with E-state index in [0.717, 1.165) is 18.5 Å². The van der Waals surface area contributed by atoms with E-state index in [4.69, 9.17) is 6.42 Å². The first-order chi connectivity index (χ1) is 9.72. The van der Waals surface area contributed by atoms with Gasteiger partial charge in [0.15, 0.2) is 0 Å². The Hall–Kier alpha value is -1.30. The van der Waals surface area contributed by atoms with Crippen LogP contribution < -0.4 is 5.32 Å². The number of nitrogens with zero attached hydrogens (tertiary/aromatic N) is 1. The van der Waals surface area contributed by atoms with Gasteiger partial charge in [0.05, 0.1) is 6.54 Å². The topological polar surface area (TPSA) is 15.3 Å². The van der Waals surface area contributed by atoms with E-state index in [1.165, 1.54) is 36.8 Å². The highest BCUT2D eigenvalue weighted by Crippen LogP contribution is 2.32. The van der Waals surface area contributed by atoms with Crippen molar-refractivity contribution in [3.05, 3.63) is 35.4 Å². The van der Waals surface area contributed by atoms with E-state index in [9.17, 15) is 0 Å². The summed E-state index contributed by atoms with van der Waals surface area (Å²) >= 11 is 0. The van der Waals surface area contributed by atoms with Crippen LogP contribution in [-0.2, 0) is 6.54 Å². The molecule has 0 heterocycles. The van der Waals surface area contributed by atoms with Crippen molar-refractivity contribution >= 4 is 0 Å². The van der Waals surface area contributed by atoms with Gasteiger partial charge in [0.2, 0.25) is 0 Å². The van der Waals surface area contributed by atoms with Crippen molar-refractivity contribution < 1.29 is 0 Å². The highest BCUT2D eigenvalue weighted by Gasteiger charge is 2.20. The quantitative estimate of drug-likeness (QED) is 0.828. The molecule has 0 saturated heterocycles. The van der Waals surface area contributed by atoms with Crippen LogP contribution in [0.25, 0.3) is 0 Å². The molecular formula is C18H26N2. The summed E-state index contributed by atoms with van der Waals surface area (Å²) in [6, 6.07) is 9.86. The van der Waals surface area contributed by atoms with Crippen LogP contribution in [0.4, 0.5) is 0 Å². The largest absolute Gasteiger partial charge is 0.317 e. The SMILES string of the molecule is C#CCN(C)Cc1ccc(C2CCC(NC)CC2)cc1. The molecule has 20 heavy (non-hydrogen) atoms. The smallest absolute Gasteiger partial charge is 0.0599 e. The lowest BCUT2D eigenvalue weighted by molar-refractivity contribution is 0.358. The zero-order chi connectivity index (χ0) is 14.4. The van der Waals surface area contributed by atoms with Crippen LogP contribution >= 0.6 is 0 Å². The fourth-order valence-corrected chi connectivity index (χ4v) is 3.13. The number of nitrogens with one attached hydrogen (secondary N) is 1. The fraction of sp³-hybridized carbons (Fsp3) is 0.556. The Bertz CT molecular complexity index is 435. The third-order valence-corrected chi connectivity index (χ3v) is 4.40. The van der Waals surface area contributed by atoms with Crippen LogP contribution in [0.3, 0.4) is 0 Å². The fourth-order valence-electron chi connectivity index (χ4n) is 3.13. The lowest BCUT2D eigenvalue weighted by Crippen LogP contribution is -2.29. The van der Waals surface area contributed by atoms with Gasteiger partial charge in [-0.2, -0.15) is 0 Å². The van der Waals surface area contributed by atoms with Gasteiger partial charge in [-0.1, -0.05) is 30.2 Å². The van der Waals surface area contributed by atoms with Gasteiger partial charge in [0.25, 0.3) is 0 Å². The average molecular weight is 270 g/mol. The Labute approximate surface area is 123 Å². The van der Waals surface area contributed by atoms with Crippen molar-refractivity contribution in [3.8, 4) is 12.3 Å². The molecule has 1 aliphatic rings. The maximum atomic E-state index is 5.33.